The van der Waals surface area contributed by atoms with Gasteiger partial charge < -0.3 is 4.74 Å². The molecule has 0 saturated carbocycles. The minimum Gasteiger partial charge on any atom is -0.479 e. The molecule has 1 heterocycles. The highest BCUT2D eigenvalue weighted by molar-refractivity contribution is 6.23. The van der Waals surface area contributed by atoms with Gasteiger partial charge in [0.25, 0.3) is 0 Å². The first-order valence-corrected chi connectivity index (χ1v) is 9.42. The molecule has 0 aromatic carbocycles. The Morgan fingerprint density at radius 2 is 1.96 bits per heavy atom. The SMILES string of the molecule is CCCCCC1=CC(=O)C2=C(OC(C)(CCCC=C(C)C)C=C2)C1=O. The van der Waals surface area contributed by atoms with Gasteiger partial charge in [-0.2, -0.15) is 0 Å². The fourth-order valence-electron chi connectivity index (χ4n) is 3.20. The van der Waals surface area contributed by atoms with Gasteiger partial charge in [0, 0.05) is 5.57 Å². The fourth-order valence-corrected chi connectivity index (χ4v) is 3.20. The lowest BCUT2D eigenvalue weighted by molar-refractivity contribution is -0.121. The van der Waals surface area contributed by atoms with E-state index in [1.807, 2.05) is 13.0 Å². The van der Waals surface area contributed by atoms with Crippen LogP contribution in [0.2, 0.25) is 0 Å². The number of Topliss-reactive ketones (excluding diaryl/α,β-unsaturated/α-hetero) is 1. The number of hydrogen-bond donors (Lipinski definition) is 0. The van der Waals surface area contributed by atoms with E-state index in [1.165, 1.54) is 11.6 Å². The Kier molecular flexibility index (Phi) is 6.57. The van der Waals surface area contributed by atoms with Crippen molar-refractivity contribution in [1.82, 2.24) is 0 Å². The van der Waals surface area contributed by atoms with E-state index in [9.17, 15) is 9.59 Å². The maximum atomic E-state index is 12.8. The highest BCUT2D eigenvalue weighted by Crippen LogP contribution is 2.35. The van der Waals surface area contributed by atoms with Gasteiger partial charge in [-0.1, -0.05) is 31.4 Å². The minimum atomic E-state index is -0.518. The van der Waals surface area contributed by atoms with E-state index < -0.39 is 5.60 Å². The van der Waals surface area contributed by atoms with Gasteiger partial charge in [-0.15, -0.1) is 0 Å². The lowest BCUT2D eigenvalue weighted by Crippen LogP contribution is -2.34. The first kappa shape index (κ1) is 19.4. The molecule has 2 rings (SSSR count). The van der Waals surface area contributed by atoms with Crippen LogP contribution in [0.25, 0.3) is 0 Å². The number of carbonyl (C=O) groups excluding carboxylic acids is 2. The number of ketones is 2. The molecule has 136 valence electrons. The van der Waals surface area contributed by atoms with E-state index in [2.05, 4.69) is 26.8 Å². The van der Waals surface area contributed by atoms with Crippen molar-refractivity contribution in [2.75, 3.05) is 0 Å². The van der Waals surface area contributed by atoms with E-state index in [1.54, 1.807) is 6.08 Å². The van der Waals surface area contributed by atoms with Crippen LogP contribution in [0.5, 0.6) is 0 Å². The quantitative estimate of drug-likeness (QED) is 0.338. The zero-order valence-corrected chi connectivity index (χ0v) is 16.0. The maximum absolute atomic E-state index is 12.8. The molecule has 1 aliphatic carbocycles. The zero-order valence-electron chi connectivity index (χ0n) is 16.0. The molecule has 0 bridgehead atoms. The molecule has 0 N–H and O–H groups in total. The molecule has 0 radical (unpaired) electrons. The Bertz CT molecular complexity index is 657. The Balaban J connectivity index is 2.05. The molecule has 3 nitrogen and oxygen atoms in total. The maximum Gasteiger partial charge on any atom is 0.224 e. The fraction of sp³-hybridized carbons (Fsp3) is 0.545. The highest BCUT2D eigenvalue weighted by Gasteiger charge is 2.36. The second kappa shape index (κ2) is 8.46. The minimum absolute atomic E-state index is 0.106. The molecule has 0 fully saturated rings. The Morgan fingerprint density at radius 1 is 1.20 bits per heavy atom. The van der Waals surface area contributed by atoms with E-state index in [4.69, 9.17) is 4.74 Å². The van der Waals surface area contributed by atoms with Gasteiger partial charge in [0.2, 0.25) is 5.78 Å². The molecule has 0 aromatic heterocycles. The van der Waals surface area contributed by atoms with Crippen molar-refractivity contribution in [2.24, 2.45) is 0 Å². The van der Waals surface area contributed by atoms with Gasteiger partial charge >= 0.3 is 0 Å². The average Bonchev–Trinajstić information content (AvgIpc) is 2.56. The van der Waals surface area contributed by atoms with Crippen molar-refractivity contribution in [3.63, 3.8) is 0 Å². The second-order valence-corrected chi connectivity index (χ2v) is 7.48. The van der Waals surface area contributed by atoms with Gasteiger partial charge in [-0.05, 0) is 71.1 Å². The van der Waals surface area contributed by atoms with Crippen LogP contribution in [0.15, 0.2) is 46.8 Å². The van der Waals surface area contributed by atoms with E-state index in [0.29, 0.717) is 17.6 Å². The van der Waals surface area contributed by atoms with Crippen molar-refractivity contribution >= 4 is 11.6 Å². The van der Waals surface area contributed by atoms with E-state index >= 15 is 0 Å². The van der Waals surface area contributed by atoms with Crippen molar-refractivity contribution in [1.29, 1.82) is 0 Å². The molecule has 0 aromatic rings. The van der Waals surface area contributed by atoms with Crippen LogP contribution in [-0.4, -0.2) is 17.2 Å². The van der Waals surface area contributed by atoms with Crippen LogP contribution >= 0.6 is 0 Å². The molecule has 0 saturated heterocycles. The zero-order chi connectivity index (χ0) is 18.4. The van der Waals surface area contributed by atoms with Gasteiger partial charge in [-0.25, -0.2) is 0 Å². The standard InChI is InChI=1S/C22H30O3/c1-5-6-7-11-17-15-19(23)18-12-14-22(4,25-21(18)20(17)24)13-9-8-10-16(2)3/h10,12,14-15H,5-9,11,13H2,1-4H3. The Morgan fingerprint density at radius 3 is 2.64 bits per heavy atom. The van der Waals surface area contributed by atoms with Crippen LogP contribution in [0.4, 0.5) is 0 Å². The molecule has 2 aliphatic rings. The van der Waals surface area contributed by atoms with Crippen molar-refractivity contribution in [2.45, 2.75) is 78.2 Å². The molecular weight excluding hydrogens is 312 g/mol. The molecule has 0 amide bonds. The molecule has 1 unspecified atom stereocenters. The molecular formula is C22H30O3. The predicted molar refractivity (Wildman–Crippen MR) is 101 cm³/mol. The number of allylic oxidation sites excluding steroid dienone is 6. The van der Waals surface area contributed by atoms with Crippen LogP contribution in [0, 0.1) is 0 Å². The average molecular weight is 342 g/mol. The summed E-state index contributed by atoms with van der Waals surface area (Å²) in [7, 11) is 0. The molecule has 1 atom stereocenters. The normalized spacial score (nSPS) is 22.5. The van der Waals surface area contributed by atoms with Gasteiger partial charge in [-0.3, -0.25) is 9.59 Å². The second-order valence-electron chi connectivity index (χ2n) is 7.48. The van der Waals surface area contributed by atoms with Crippen molar-refractivity contribution in [3.05, 3.63) is 46.8 Å². The summed E-state index contributed by atoms with van der Waals surface area (Å²) in [5.74, 6) is 0.0423. The molecule has 0 spiro atoms. The largest absolute Gasteiger partial charge is 0.479 e. The third-order valence-electron chi connectivity index (χ3n) is 4.73. The summed E-state index contributed by atoms with van der Waals surface area (Å²) in [4.78, 5) is 25.1. The van der Waals surface area contributed by atoms with Crippen LogP contribution in [-0.2, 0) is 14.3 Å². The van der Waals surface area contributed by atoms with E-state index in [0.717, 1.165) is 38.5 Å². The van der Waals surface area contributed by atoms with E-state index in [-0.39, 0.29) is 17.3 Å². The highest BCUT2D eigenvalue weighted by atomic mass is 16.5. The third-order valence-corrected chi connectivity index (χ3v) is 4.73. The summed E-state index contributed by atoms with van der Waals surface area (Å²) in [5.41, 5.74) is 1.80. The van der Waals surface area contributed by atoms with Crippen LogP contribution in [0.1, 0.15) is 72.6 Å². The number of carbonyl (C=O) groups is 2. The Labute approximate surface area is 151 Å². The number of hydrogen-bond acceptors (Lipinski definition) is 3. The number of unbranched alkanes of at least 4 members (excludes halogenated alkanes) is 3. The monoisotopic (exact) mass is 342 g/mol. The molecule has 1 aliphatic heterocycles. The number of ether oxygens (including phenoxy) is 1. The smallest absolute Gasteiger partial charge is 0.224 e. The third kappa shape index (κ3) is 5.04. The van der Waals surface area contributed by atoms with Crippen LogP contribution < -0.4 is 0 Å². The lowest BCUT2D eigenvalue weighted by atomic mass is 9.87. The molecule has 3 heteroatoms. The summed E-state index contributed by atoms with van der Waals surface area (Å²) in [5, 5.41) is 0. The van der Waals surface area contributed by atoms with Gasteiger partial charge in [0.15, 0.2) is 11.5 Å². The topological polar surface area (TPSA) is 43.4 Å². The number of rotatable bonds is 8. The molecule has 25 heavy (non-hydrogen) atoms. The van der Waals surface area contributed by atoms with Crippen molar-refractivity contribution < 1.29 is 14.3 Å². The summed E-state index contributed by atoms with van der Waals surface area (Å²) in [6.45, 7) is 8.30. The summed E-state index contributed by atoms with van der Waals surface area (Å²) in [6.07, 6.45) is 14.0. The van der Waals surface area contributed by atoms with Crippen LogP contribution in [0.3, 0.4) is 0 Å². The first-order valence-electron chi connectivity index (χ1n) is 9.42. The van der Waals surface area contributed by atoms with Crippen molar-refractivity contribution in [3.8, 4) is 0 Å². The van der Waals surface area contributed by atoms with Gasteiger partial charge in [0.1, 0.15) is 5.60 Å². The summed E-state index contributed by atoms with van der Waals surface area (Å²) in [6, 6.07) is 0. The first-order chi connectivity index (χ1) is 11.9. The predicted octanol–water partition coefficient (Wildman–Crippen LogP) is 5.38. The lowest BCUT2D eigenvalue weighted by Gasteiger charge is -2.33. The Hall–Kier alpha value is -1.90. The van der Waals surface area contributed by atoms with Gasteiger partial charge in [0.05, 0.1) is 5.57 Å². The summed E-state index contributed by atoms with van der Waals surface area (Å²) < 4.78 is 6.07. The summed E-state index contributed by atoms with van der Waals surface area (Å²) >= 11 is 0.